The van der Waals surface area contributed by atoms with E-state index in [9.17, 15) is 14.9 Å². The van der Waals surface area contributed by atoms with Crippen LogP contribution < -0.4 is 0 Å². The monoisotopic (exact) mass is 316 g/mol. The number of benzene rings is 1. The molecule has 0 fully saturated rings. The topological polar surface area (TPSA) is 63.5 Å². The van der Waals surface area contributed by atoms with Gasteiger partial charge < -0.3 is 4.90 Å². The Hall–Kier alpha value is -2.47. The summed E-state index contributed by atoms with van der Waals surface area (Å²) in [5, 5.41) is 13.0. The third-order valence-electron chi connectivity index (χ3n) is 3.22. The van der Waals surface area contributed by atoms with Crippen molar-refractivity contribution >= 4 is 22.9 Å². The molecule has 0 saturated carbocycles. The van der Waals surface area contributed by atoms with Crippen LogP contribution in [0.5, 0.6) is 0 Å². The summed E-state index contributed by atoms with van der Waals surface area (Å²) in [6, 6.07) is 8.43. The molecule has 0 saturated heterocycles. The average Bonchev–Trinajstić information content (AvgIpc) is 2.99. The zero-order chi connectivity index (χ0) is 16.1. The molecule has 5 nitrogen and oxygen atoms in total. The molecule has 0 spiro atoms. The van der Waals surface area contributed by atoms with Crippen LogP contribution >= 0.6 is 11.3 Å². The predicted molar refractivity (Wildman–Crippen MR) is 87.1 cm³/mol. The molecule has 1 aromatic heterocycles. The second-order valence-corrected chi connectivity index (χ2v) is 5.84. The van der Waals surface area contributed by atoms with Crippen LogP contribution in [0.15, 0.2) is 48.4 Å². The molecule has 6 heteroatoms. The third-order valence-corrected chi connectivity index (χ3v) is 4.08. The number of amides is 1. The van der Waals surface area contributed by atoms with E-state index in [2.05, 4.69) is 6.58 Å². The molecule has 0 N–H and O–H groups in total. The Labute approximate surface area is 132 Å². The van der Waals surface area contributed by atoms with E-state index in [0.29, 0.717) is 24.2 Å². The van der Waals surface area contributed by atoms with Crippen molar-refractivity contribution in [2.75, 3.05) is 6.54 Å². The van der Waals surface area contributed by atoms with Crippen molar-refractivity contribution in [3.63, 3.8) is 0 Å². The van der Waals surface area contributed by atoms with Gasteiger partial charge in [0.2, 0.25) is 0 Å². The highest BCUT2D eigenvalue weighted by atomic mass is 32.1. The highest BCUT2D eigenvalue weighted by Crippen LogP contribution is 2.21. The molecule has 0 unspecified atom stereocenters. The summed E-state index contributed by atoms with van der Waals surface area (Å²) in [6.07, 6.45) is 1.65. The summed E-state index contributed by atoms with van der Waals surface area (Å²) in [6.45, 7) is 6.17. The molecule has 114 valence electrons. The van der Waals surface area contributed by atoms with Crippen LogP contribution in [0.1, 0.15) is 20.8 Å². The fourth-order valence-corrected chi connectivity index (χ4v) is 2.81. The average molecular weight is 316 g/mol. The number of nitrogens with zero attached hydrogens (tertiary/aromatic N) is 2. The molecule has 2 rings (SSSR count). The summed E-state index contributed by atoms with van der Waals surface area (Å²) in [5.74, 6) is -0.239. The van der Waals surface area contributed by atoms with Gasteiger partial charge >= 0.3 is 0 Å². The molecule has 0 bridgehead atoms. The zero-order valence-corrected chi connectivity index (χ0v) is 13.0. The van der Waals surface area contributed by atoms with Gasteiger partial charge in [-0.1, -0.05) is 18.2 Å². The Bertz CT molecular complexity index is 695. The van der Waals surface area contributed by atoms with Crippen LogP contribution in [0.2, 0.25) is 0 Å². The zero-order valence-electron chi connectivity index (χ0n) is 12.2. The van der Waals surface area contributed by atoms with Crippen LogP contribution in [0, 0.1) is 17.0 Å². The molecule has 0 aliphatic rings. The van der Waals surface area contributed by atoms with Crippen LogP contribution in [0.4, 0.5) is 5.69 Å². The summed E-state index contributed by atoms with van der Waals surface area (Å²) < 4.78 is 0. The lowest BCUT2D eigenvalue weighted by atomic mass is 10.1. The first-order valence-electron chi connectivity index (χ1n) is 6.70. The summed E-state index contributed by atoms with van der Waals surface area (Å²) >= 11 is 1.56. The molecule has 2 aromatic rings. The van der Waals surface area contributed by atoms with Crippen molar-refractivity contribution < 1.29 is 9.72 Å². The van der Waals surface area contributed by atoms with Gasteiger partial charge in [0.05, 0.1) is 11.5 Å². The van der Waals surface area contributed by atoms with Crippen molar-refractivity contribution in [1.82, 2.24) is 4.90 Å². The number of hydrogen-bond donors (Lipinski definition) is 0. The minimum Gasteiger partial charge on any atom is -0.330 e. The summed E-state index contributed by atoms with van der Waals surface area (Å²) in [4.78, 5) is 25.8. The lowest BCUT2D eigenvalue weighted by Crippen LogP contribution is -2.30. The maximum absolute atomic E-state index is 12.6. The third kappa shape index (κ3) is 3.59. The number of nitro groups is 1. The largest absolute Gasteiger partial charge is 0.330 e. The molecule has 0 radical (unpaired) electrons. The number of rotatable bonds is 6. The second-order valence-electron chi connectivity index (χ2n) is 4.81. The van der Waals surface area contributed by atoms with Crippen LogP contribution in [0.25, 0.3) is 0 Å². The van der Waals surface area contributed by atoms with Gasteiger partial charge in [0.15, 0.2) is 0 Å². The molecule has 1 amide bonds. The Morgan fingerprint density at radius 2 is 2.23 bits per heavy atom. The van der Waals surface area contributed by atoms with Gasteiger partial charge in [-0.2, -0.15) is 0 Å². The number of carbonyl (C=O) groups excluding carboxylic acids is 1. The number of carbonyl (C=O) groups is 1. The number of thiophene rings is 1. The molecule has 0 aliphatic carbocycles. The second kappa shape index (κ2) is 7.00. The van der Waals surface area contributed by atoms with Gasteiger partial charge in [0, 0.05) is 28.6 Å². The van der Waals surface area contributed by atoms with Gasteiger partial charge in [0.25, 0.3) is 11.6 Å². The highest BCUT2D eigenvalue weighted by molar-refractivity contribution is 7.09. The van der Waals surface area contributed by atoms with Gasteiger partial charge in [0.1, 0.15) is 0 Å². The Kier molecular flexibility index (Phi) is 5.06. The smallest absolute Gasteiger partial charge is 0.273 e. The first-order chi connectivity index (χ1) is 10.5. The minimum absolute atomic E-state index is 0.0412. The van der Waals surface area contributed by atoms with E-state index in [4.69, 9.17) is 0 Å². The summed E-state index contributed by atoms with van der Waals surface area (Å²) in [7, 11) is 0. The maximum Gasteiger partial charge on any atom is 0.273 e. The van der Waals surface area contributed by atoms with Gasteiger partial charge in [-0.15, -0.1) is 17.9 Å². The Balaban J connectivity index is 2.28. The van der Waals surface area contributed by atoms with Crippen molar-refractivity contribution in [3.05, 3.63) is 74.5 Å². The van der Waals surface area contributed by atoms with E-state index in [1.165, 1.54) is 6.07 Å². The minimum atomic E-state index is -0.469. The van der Waals surface area contributed by atoms with Crippen molar-refractivity contribution in [2.24, 2.45) is 0 Å². The van der Waals surface area contributed by atoms with Crippen molar-refractivity contribution in [1.29, 1.82) is 0 Å². The first-order valence-corrected chi connectivity index (χ1v) is 7.58. The molecule has 0 aliphatic heterocycles. The van der Waals surface area contributed by atoms with Crippen LogP contribution in [-0.2, 0) is 6.54 Å². The quantitative estimate of drug-likeness (QED) is 0.462. The molecular weight excluding hydrogens is 300 g/mol. The molecule has 22 heavy (non-hydrogen) atoms. The van der Waals surface area contributed by atoms with Gasteiger partial charge in [-0.3, -0.25) is 14.9 Å². The van der Waals surface area contributed by atoms with Gasteiger partial charge in [-0.25, -0.2) is 0 Å². The molecule has 0 atom stereocenters. The SMILES string of the molecule is C=CCN(Cc1cccs1)C(=O)c1ccc(C)c([N+](=O)[O-])c1. The number of hydrogen-bond acceptors (Lipinski definition) is 4. The van der Waals surface area contributed by atoms with Crippen LogP contribution in [0.3, 0.4) is 0 Å². The predicted octanol–water partition coefficient (Wildman–Crippen LogP) is 3.79. The Morgan fingerprint density at radius 3 is 2.82 bits per heavy atom. The number of aryl methyl sites for hydroxylation is 1. The fourth-order valence-electron chi connectivity index (χ4n) is 2.09. The summed E-state index contributed by atoms with van der Waals surface area (Å²) in [5.41, 5.74) is 0.811. The number of nitro benzene ring substituents is 1. The van der Waals surface area contributed by atoms with Crippen LogP contribution in [-0.4, -0.2) is 22.3 Å². The lowest BCUT2D eigenvalue weighted by molar-refractivity contribution is -0.385. The van der Waals surface area contributed by atoms with Crippen molar-refractivity contribution in [3.8, 4) is 0 Å². The van der Waals surface area contributed by atoms with E-state index in [1.807, 2.05) is 17.5 Å². The molecular formula is C16H16N2O3S. The van der Waals surface area contributed by atoms with Crippen molar-refractivity contribution in [2.45, 2.75) is 13.5 Å². The van der Waals surface area contributed by atoms with E-state index in [0.717, 1.165) is 4.88 Å². The fraction of sp³-hybridized carbons (Fsp3) is 0.188. The highest BCUT2D eigenvalue weighted by Gasteiger charge is 2.19. The lowest BCUT2D eigenvalue weighted by Gasteiger charge is -2.20. The molecule has 1 heterocycles. The first kappa shape index (κ1) is 15.9. The van der Waals surface area contributed by atoms with Gasteiger partial charge in [-0.05, 0) is 24.4 Å². The maximum atomic E-state index is 12.6. The normalized spacial score (nSPS) is 10.2. The molecule has 1 aromatic carbocycles. The Morgan fingerprint density at radius 1 is 1.45 bits per heavy atom. The van der Waals surface area contributed by atoms with E-state index in [-0.39, 0.29) is 11.6 Å². The standard InChI is InChI=1S/C16H16N2O3S/c1-3-8-17(11-14-5-4-9-22-14)16(19)13-7-6-12(2)15(10-13)18(20)21/h3-7,9-10H,1,8,11H2,2H3. The van der Waals surface area contributed by atoms with E-state index >= 15 is 0 Å². The van der Waals surface area contributed by atoms with E-state index in [1.54, 1.807) is 41.4 Å². The van der Waals surface area contributed by atoms with E-state index < -0.39 is 4.92 Å².